The van der Waals surface area contributed by atoms with Crippen LogP contribution in [0.1, 0.15) is 23.2 Å². The molecule has 0 spiro atoms. The third-order valence-corrected chi connectivity index (χ3v) is 5.89. The molecule has 122 valence electrons. The number of benzene rings is 1. The predicted octanol–water partition coefficient (Wildman–Crippen LogP) is 1.50. The minimum absolute atomic E-state index is 0.0170. The van der Waals surface area contributed by atoms with E-state index in [1.165, 1.54) is 29.6 Å². The minimum atomic E-state index is -3.67. The van der Waals surface area contributed by atoms with Crippen LogP contribution in [0.5, 0.6) is 0 Å². The van der Waals surface area contributed by atoms with Gasteiger partial charge in [-0.15, -0.1) is 0 Å². The lowest BCUT2D eigenvalue weighted by atomic mass is 10.1. The van der Waals surface area contributed by atoms with Gasteiger partial charge in [0.25, 0.3) is 0 Å². The summed E-state index contributed by atoms with van der Waals surface area (Å²) < 4.78 is 31.4. The molecule has 1 aliphatic heterocycles. The van der Waals surface area contributed by atoms with Crippen molar-refractivity contribution in [3.63, 3.8) is 0 Å². The molecule has 0 atom stereocenters. The summed E-state index contributed by atoms with van der Waals surface area (Å²) in [6.07, 6.45) is 1.50. The number of nitrogens with zero attached hydrogens (tertiary/aromatic N) is 1. The Bertz CT molecular complexity index is 655. The van der Waals surface area contributed by atoms with Gasteiger partial charge in [0, 0.05) is 24.2 Å². The fourth-order valence-corrected chi connectivity index (χ4v) is 4.32. The molecule has 0 aromatic heterocycles. The fourth-order valence-electron chi connectivity index (χ4n) is 2.48. The summed E-state index contributed by atoms with van der Waals surface area (Å²) in [5.74, 6) is -0.618. The van der Waals surface area contributed by atoms with Crippen molar-refractivity contribution in [2.75, 3.05) is 27.2 Å². The summed E-state index contributed by atoms with van der Waals surface area (Å²) in [6, 6.07) is 4.38. The highest BCUT2D eigenvalue weighted by Gasteiger charge is 2.29. The van der Waals surface area contributed by atoms with Crippen LogP contribution < -0.4 is 5.32 Å². The van der Waals surface area contributed by atoms with E-state index in [1.807, 2.05) is 7.05 Å². The largest absolute Gasteiger partial charge is 0.465 e. The van der Waals surface area contributed by atoms with Crippen LogP contribution >= 0.6 is 11.6 Å². The summed E-state index contributed by atoms with van der Waals surface area (Å²) in [5, 5.41) is 3.34. The quantitative estimate of drug-likeness (QED) is 0.836. The van der Waals surface area contributed by atoms with E-state index < -0.39 is 16.0 Å². The predicted molar refractivity (Wildman–Crippen MR) is 83.6 cm³/mol. The third kappa shape index (κ3) is 3.60. The van der Waals surface area contributed by atoms with Gasteiger partial charge in [-0.25, -0.2) is 13.2 Å². The molecule has 22 heavy (non-hydrogen) atoms. The Balaban J connectivity index is 2.30. The van der Waals surface area contributed by atoms with Crippen molar-refractivity contribution in [1.82, 2.24) is 9.62 Å². The second-order valence-corrected chi connectivity index (χ2v) is 7.51. The van der Waals surface area contributed by atoms with Crippen LogP contribution in [0.25, 0.3) is 0 Å². The summed E-state index contributed by atoms with van der Waals surface area (Å²) in [4.78, 5) is 11.6. The number of esters is 1. The highest BCUT2D eigenvalue weighted by Crippen LogP contribution is 2.25. The molecule has 0 amide bonds. The molecule has 1 aromatic rings. The van der Waals surface area contributed by atoms with Crippen molar-refractivity contribution in [1.29, 1.82) is 0 Å². The number of ether oxygens (including phenoxy) is 1. The molecule has 1 heterocycles. The van der Waals surface area contributed by atoms with Gasteiger partial charge in [-0.1, -0.05) is 11.6 Å². The van der Waals surface area contributed by atoms with E-state index in [0.717, 1.165) is 12.8 Å². The van der Waals surface area contributed by atoms with E-state index in [1.54, 1.807) is 0 Å². The maximum atomic E-state index is 12.7. The van der Waals surface area contributed by atoms with Gasteiger partial charge in [-0.05, 0) is 38.1 Å². The minimum Gasteiger partial charge on any atom is -0.465 e. The third-order valence-electron chi connectivity index (χ3n) is 3.79. The highest BCUT2D eigenvalue weighted by atomic mass is 35.5. The van der Waals surface area contributed by atoms with Gasteiger partial charge in [0.1, 0.15) is 0 Å². The molecule has 1 aromatic carbocycles. The molecule has 1 saturated heterocycles. The fraction of sp³-hybridized carbons (Fsp3) is 0.500. The van der Waals surface area contributed by atoms with Crippen molar-refractivity contribution >= 4 is 27.6 Å². The number of rotatable bonds is 4. The Morgan fingerprint density at radius 1 is 1.32 bits per heavy atom. The number of sulfonamides is 1. The van der Waals surface area contributed by atoms with E-state index in [9.17, 15) is 13.2 Å². The average Bonchev–Trinajstić information content (AvgIpc) is 2.53. The monoisotopic (exact) mass is 346 g/mol. The van der Waals surface area contributed by atoms with Crippen LogP contribution in [0.4, 0.5) is 0 Å². The van der Waals surface area contributed by atoms with Crippen molar-refractivity contribution in [2.45, 2.75) is 23.8 Å². The molecule has 1 N–H and O–H groups in total. The van der Waals surface area contributed by atoms with Crippen LogP contribution in [0.2, 0.25) is 5.02 Å². The number of nitrogens with one attached hydrogen (secondary N) is 1. The van der Waals surface area contributed by atoms with Gasteiger partial charge >= 0.3 is 5.97 Å². The van der Waals surface area contributed by atoms with Gasteiger partial charge in [-0.2, -0.15) is 4.31 Å². The Labute approximate surface area is 135 Å². The molecule has 0 saturated carbocycles. The van der Waals surface area contributed by atoms with Crippen LogP contribution in [0, 0.1) is 0 Å². The van der Waals surface area contributed by atoms with Gasteiger partial charge in [-0.3, -0.25) is 0 Å². The first-order valence-electron chi connectivity index (χ1n) is 6.95. The number of carbonyl (C=O) groups is 1. The second kappa shape index (κ2) is 6.95. The van der Waals surface area contributed by atoms with E-state index in [2.05, 4.69) is 10.1 Å². The zero-order valence-electron chi connectivity index (χ0n) is 12.5. The topological polar surface area (TPSA) is 75.7 Å². The van der Waals surface area contributed by atoms with Gasteiger partial charge < -0.3 is 10.1 Å². The normalized spacial score (nSPS) is 17.4. The van der Waals surface area contributed by atoms with Crippen LogP contribution in [0.3, 0.4) is 0 Å². The van der Waals surface area contributed by atoms with Crippen molar-refractivity contribution in [3.8, 4) is 0 Å². The van der Waals surface area contributed by atoms with Crippen LogP contribution in [-0.4, -0.2) is 52.0 Å². The Hall–Kier alpha value is -1.15. The van der Waals surface area contributed by atoms with Gasteiger partial charge in [0.2, 0.25) is 10.0 Å². The Morgan fingerprint density at radius 2 is 1.95 bits per heavy atom. The summed E-state index contributed by atoms with van der Waals surface area (Å²) >= 11 is 5.94. The molecule has 8 heteroatoms. The molecule has 0 aliphatic carbocycles. The SMILES string of the molecule is CNC1CCN(S(=O)(=O)c2cc(Cl)cc(C(=O)OC)c2)CC1. The van der Waals surface area contributed by atoms with Crippen LogP contribution in [-0.2, 0) is 14.8 Å². The molecule has 0 radical (unpaired) electrons. The van der Waals surface area contributed by atoms with Crippen molar-refractivity contribution in [3.05, 3.63) is 28.8 Å². The molecule has 0 unspecified atom stereocenters. The Kier molecular flexibility index (Phi) is 5.44. The van der Waals surface area contributed by atoms with E-state index in [0.29, 0.717) is 19.1 Å². The molecule has 6 nitrogen and oxygen atoms in total. The zero-order valence-corrected chi connectivity index (χ0v) is 14.1. The van der Waals surface area contributed by atoms with Gasteiger partial charge in [0.15, 0.2) is 0 Å². The standard InChI is InChI=1S/C14H19ClN2O4S/c1-16-12-3-5-17(6-4-12)22(19,20)13-8-10(14(18)21-2)7-11(15)9-13/h7-9,12,16H,3-6H2,1-2H3. The first-order valence-corrected chi connectivity index (χ1v) is 8.76. The lowest BCUT2D eigenvalue weighted by molar-refractivity contribution is 0.0600. The van der Waals surface area contributed by atoms with E-state index in [4.69, 9.17) is 11.6 Å². The lowest BCUT2D eigenvalue weighted by Crippen LogP contribution is -2.43. The summed E-state index contributed by atoms with van der Waals surface area (Å²) in [7, 11) is -0.562. The van der Waals surface area contributed by atoms with Crippen LogP contribution in [0.15, 0.2) is 23.1 Å². The number of hydrogen-bond donors (Lipinski definition) is 1. The van der Waals surface area contributed by atoms with E-state index >= 15 is 0 Å². The lowest BCUT2D eigenvalue weighted by Gasteiger charge is -2.31. The molecular weight excluding hydrogens is 328 g/mol. The molecular formula is C14H19ClN2O4S. The summed E-state index contributed by atoms with van der Waals surface area (Å²) in [5.41, 5.74) is 0.124. The van der Waals surface area contributed by atoms with Crippen molar-refractivity contribution < 1.29 is 17.9 Å². The van der Waals surface area contributed by atoms with E-state index in [-0.39, 0.29) is 15.5 Å². The maximum absolute atomic E-state index is 12.7. The first kappa shape index (κ1) is 17.2. The number of methoxy groups -OCH3 is 1. The number of carbonyl (C=O) groups excluding carboxylic acids is 1. The molecule has 2 rings (SSSR count). The second-order valence-electron chi connectivity index (χ2n) is 5.13. The molecule has 1 aliphatic rings. The number of hydrogen-bond acceptors (Lipinski definition) is 5. The summed E-state index contributed by atoms with van der Waals surface area (Å²) in [6.45, 7) is 0.877. The average molecular weight is 347 g/mol. The Morgan fingerprint density at radius 3 is 2.50 bits per heavy atom. The highest BCUT2D eigenvalue weighted by molar-refractivity contribution is 7.89. The van der Waals surface area contributed by atoms with Crippen molar-refractivity contribution in [2.24, 2.45) is 0 Å². The smallest absolute Gasteiger partial charge is 0.337 e. The molecule has 0 bridgehead atoms. The first-order chi connectivity index (χ1) is 10.4. The molecule has 1 fully saturated rings. The van der Waals surface area contributed by atoms with Gasteiger partial charge in [0.05, 0.1) is 17.6 Å². The zero-order chi connectivity index (χ0) is 16.3. The number of piperidine rings is 1. The number of halogens is 1. The maximum Gasteiger partial charge on any atom is 0.337 e.